The third kappa shape index (κ3) is 2.36. The minimum atomic E-state index is 0.203. The van der Waals surface area contributed by atoms with Crippen molar-refractivity contribution in [2.45, 2.75) is 39.3 Å². The molecule has 0 amide bonds. The zero-order valence-corrected chi connectivity index (χ0v) is 12.5. The van der Waals surface area contributed by atoms with Crippen molar-refractivity contribution >= 4 is 15.9 Å². The molecule has 1 aliphatic carbocycles. The number of hydrogen-bond acceptors (Lipinski definition) is 2. The molecule has 2 atom stereocenters. The first-order chi connectivity index (χ1) is 7.95. The van der Waals surface area contributed by atoms with E-state index in [-0.39, 0.29) is 5.41 Å². The van der Waals surface area contributed by atoms with Gasteiger partial charge in [-0.1, -0.05) is 29.8 Å². The van der Waals surface area contributed by atoms with Crippen LogP contribution in [0.25, 0.3) is 0 Å². The Labute approximate surface area is 112 Å². The Hall–Kier alpha value is -0.540. The first-order valence-corrected chi connectivity index (χ1v) is 6.84. The van der Waals surface area contributed by atoms with Crippen molar-refractivity contribution < 1.29 is 4.74 Å². The molecule has 1 saturated carbocycles. The Morgan fingerprint density at radius 2 is 2.12 bits per heavy atom. The van der Waals surface area contributed by atoms with Gasteiger partial charge < -0.3 is 10.1 Å². The quantitative estimate of drug-likeness (QED) is 0.922. The molecule has 0 heterocycles. The van der Waals surface area contributed by atoms with Crippen LogP contribution in [-0.2, 0) is 0 Å². The molecule has 2 unspecified atom stereocenters. The maximum Gasteiger partial charge on any atom is 0.122 e. The minimum absolute atomic E-state index is 0.203. The van der Waals surface area contributed by atoms with E-state index in [0.717, 1.165) is 16.6 Å². The SMILES string of the molecule is CNC1CC(Oc2ccc(Br)cc2C)C1(C)C. The van der Waals surface area contributed by atoms with Gasteiger partial charge in [0.15, 0.2) is 0 Å². The van der Waals surface area contributed by atoms with Gasteiger partial charge in [-0.3, -0.25) is 0 Å². The van der Waals surface area contributed by atoms with Crippen molar-refractivity contribution in [1.82, 2.24) is 5.32 Å². The third-order valence-electron chi connectivity index (χ3n) is 3.93. The van der Waals surface area contributed by atoms with Crippen molar-refractivity contribution in [3.63, 3.8) is 0 Å². The number of hydrogen-bond donors (Lipinski definition) is 1. The summed E-state index contributed by atoms with van der Waals surface area (Å²) in [5.74, 6) is 1.00. The number of halogens is 1. The Morgan fingerprint density at radius 3 is 2.65 bits per heavy atom. The first-order valence-electron chi connectivity index (χ1n) is 6.05. The van der Waals surface area contributed by atoms with Crippen LogP contribution >= 0.6 is 15.9 Å². The van der Waals surface area contributed by atoms with E-state index in [4.69, 9.17) is 4.74 Å². The third-order valence-corrected chi connectivity index (χ3v) is 4.43. The standard InChI is InChI=1S/C14H20BrNO/c1-9-7-10(15)5-6-11(9)17-13-8-12(16-4)14(13,2)3/h5-7,12-13,16H,8H2,1-4H3. The molecular weight excluding hydrogens is 278 g/mol. The lowest BCUT2D eigenvalue weighted by atomic mass is 9.64. The lowest BCUT2D eigenvalue weighted by molar-refractivity contribution is -0.0524. The molecule has 2 rings (SSSR count). The van der Waals surface area contributed by atoms with Crippen LogP contribution in [0.5, 0.6) is 5.75 Å². The van der Waals surface area contributed by atoms with Crippen LogP contribution < -0.4 is 10.1 Å². The molecule has 3 heteroatoms. The number of aryl methyl sites for hydroxylation is 1. The van der Waals surface area contributed by atoms with Crippen LogP contribution in [0.4, 0.5) is 0 Å². The fourth-order valence-electron chi connectivity index (χ4n) is 2.47. The number of rotatable bonds is 3. The molecule has 1 fully saturated rings. The molecule has 0 saturated heterocycles. The Bertz CT molecular complexity index is 417. The van der Waals surface area contributed by atoms with Crippen molar-refractivity contribution in [2.24, 2.45) is 5.41 Å². The highest BCUT2D eigenvalue weighted by Gasteiger charge is 2.49. The molecule has 94 valence electrons. The average molecular weight is 298 g/mol. The smallest absolute Gasteiger partial charge is 0.122 e. The van der Waals surface area contributed by atoms with Gasteiger partial charge >= 0.3 is 0 Å². The molecule has 0 spiro atoms. The summed E-state index contributed by atoms with van der Waals surface area (Å²) >= 11 is 3.47. The fourth-order valence-corrected chi connectivity index (χ4v) is 2.95. The van der Waals surface area contributed by atoms with E-state index in [1.807, 2.05) is 19.2 Å². The second-order valence-corrected chi connectivity index (χ2v) is 6.33. The van der Waals surface area contributed by atoms with E-state index < -0.39 is 0 Å². The zero-order chi connectivity index (χ0) is 12.6. The van der Waals surface area contributed by atoms with E-state index in [0.29, 0.717) is 12.1 Å². The topological polar surface area (TPSA) is 21.3 Å². The molecule has 0 radical (unpaired) electrons. The maximum atomic E-state index is 6.12. The average Bonchev–Trinajstić information content (AvgIpc) is 2.26. The van der Waals surface area contributed by atoms with Gasteiger partial charge in [-0.25, -0.2) is 0 Å². The number of nitrogens with one attached hydrogen (secondary N) is 1. The predicted octanol–water partition coefficient (Wildman–Crippen LogP) is 3.52. The van der Waals surface area contributed by atoms with Crippen molar-refractivity contribution in [3.8, 4) is 5.75 Å². The van der Waals surface area contributed by atoms with Crippen LogP contribution in [0, 0.1) is 12.3 Å². The molecule has 1 aromatic rings. The second kappa shape index (κ2) is 4.62. The highest BCUT2D eigenvalue weighted by Crippen LogP contribution is 2.43. The Morgan fingerprint density at radius 1 is 1.41 bits per heavy atom. The van der Waals surface area contributed by atoms with Gasteiger partial charge in [0.05, 0.1) is 0 Å². The van der Waals surface area contributed by atoms with Gasteiger partial charge in [-0.2, -0.15) is 0 Å². The summed E-state index contributed by atoms with van der Waals surface area (Å²) in [6.07, 6.45) is 1.39. The van der Waals surface area contributed by atoms with Gasteiger partial charge in [-0.15, -0.1) is 0 Å². The first kappa shape index (κ1) is 12.9. The molecular formula is C14H20BrNO. The van der Waals surface area contributed by atoms with Crippen LogP contribution in [0.15, 0.2) is 22.7 Å². The van der Waals surface area contributed by atoms with Crippen LogP contribution in [-0.4, -0.2) is 19.2 Å². The summed E-state index contributed by atoms with van der Waals surface area (Å²) < 4.78 is 7.22. The Kier molecular flexibility index (Phi) is 3.50. The van der Waals surface area contributed by atoms with Crippen LogP contribution in [0.3, 0.4) is 0 Å². The highest BCUT2D eigenvalue weighted by molar-refractivity contribution is 9.10. The summed E-state index contributed by atoms with van der Waals surface area (Å²) in [5.41, 5.74) is 1.39. The van der Waals surface area contributed by atoms with Crippen molar-refractivity contribution in [2.75, 3.05) is 7.05 Å². The molecule has 0 aromatic heterocycles. The Balaban J connectivity index is 2.08. The van der Waals surface area contributed by atoms with E-state index >= 15 is 0 Å². The summed E-state index contributed by atoms with van der Waals surface area (Å²) in [6, 6.07) is 6.73. The molecule has 17 heavy (non-hydrogen) atoms. The van der Waals surface area contributed by atoms with Crippen LogP contribution in [0.1, 0.15) is 25.8 Å². The summed E-state index contributed by atoms with van der Waals surface area (Å²) in [7, 11) is 2.02. The molecule has 1 aliphatic rings. The molecule has 1 N–H and O–H groups in total. The normalized spacial score (nSPS) is 26.4. The second-order valence-electron chi connectivity index (χ2n) is 5.41. The molecule has 0 aliphatic heterocycles. The van der Waals surface area contributed by atoms with Crippen LogP contribution in [0.2, 0.25) is 0 Å². The maximum absolute atomic E-state index is 6.12. The zero-order valence-electron chi connectivity index (χ0n) is 10.9. The lowest BCUT2D eigenvalue weighted by Gasteiger charge is -2.51. The van der Waals surface area contributed by atoms with Gasteiger partial charge in [0.2, 0.25) is 0 Å². The fraction of sp³-hybridized carbons (Fsp3) is 0.571. The van der Waals surface area contributed by atoms with Crippen molar-refractivity contribution in [1.29, 1.82) is 0 Å². The summed E-state index contributed by atoms with van der Waals surface area (Å²) in [5, 5.41) is 3.34. The minimum Gasteiger partial charge on any atom is -0.489 e. The van der Waals surface area contributed by atoms with E-state index in [2.05, 4.69) is 48.1 Å². The highest BCUT2D eigenvalue weighted by atomic mass is 79.9. The predicted molar refractivity (Wildman–Crippen MR) is 74.5 cm³/mol. The van der Waals surface area contributed by atoms with E-state index in [9.17, 15) is 0 Å². The van der Waals surface area contributed by atoms with E-state index in [1.165, 1.54) is 5.56 Å². The number of benzene rings is 1. The van der Waals surface area contributed by atoms with E-state index in [1.54, 1.807) is 0 Å². The monoisotopic (exact) mass is 297 g/mol. The largest absolute Gasteiger partial charge is 0.489 e. The molecule has 0 bridgehead atoms. The summed E-state index contributed by atoms with van der Waals surface area (Å²) in [6.45, 7) is 6.61. The lowest BCUT2D eigenvalue weighted by Crippen LogP contribution is -2.61. The van der Waals surface area contributed by atoms with Gasteiger partial charge in [0.25, 0.3) is 0 Å². The van der Waals surface area contributed by atoms with Crippen molar-refractivity contribution in [3.05, 3.63) is 28.2 Å². The number of ether oxygens (including phenoxy) is 1. The molecule has 2 nitrogen and oxygen atoms in total. The molecule has 1 aromatic carbocycles. The van der Waals surface area contributed by atoms with Gasteiger partial charge in [0, 0.05) is 22.4 Å². The van der Waals surface area contributed by atoms with Gasteiger partial charge in [-0.05, 0) is 37.7 Å². The summed E-state index contributed by atoms with van der Waals surface area (Å²) in [4.78, 5) is 0. The van der Waals surface area contributed by atoms with Gasteiger partial charge in [0.1, 0.15) is 11.9 Å².